The quantitative estimate of drug-likeness (QED) is 0.794. The molecule has 1 amide bonds. The second-order valence-corrected chi connectivity index (χ2v) is 8.65. The van der Waals surface area contributed by atoms with Crippen molar-refractivity contribution in [2.24, 2.45) is 13.0 Å². The molecule has 1 aromatic rings. The second kappa shape index (κ2) is 6.81. The fourth-order valence-electron chi connectivity index (χ4n) is 2.78. The van der Waals surface area contributed by atoms with Gasteiger partial charge in [-0.15, -0.1) is 0 Å². The normalized spacial score (nSPS) is 19.1. The summed E-state index contributed by atoms with van der Waals surface area (Å²) in [6.07, 6.45) is 6.01. The lowest BCUT2D eigenvalue weighted by atomic mass is 10.1. The molecule has 1 saturated heterocycles. The zero-order valence-electron chi connectivity index (χ0n) is 13.5. The van der Waals surface area contributed by atoms with Crippen LogP contribution in [0.5, 0.6) is 0 Å². The van der Waals surface area contributed by atoms with Crippen LogP contribution in [0.25, 0.3) is 0 Å². The largest absolute Gasteiger partial charge is 0.335 e. The lowest BCUT2D eigenvalue weighted by molar-refractivity contribution is -0.129. The Morgan fingerprint density at radius 2 is 2.18 bits per heavy atom. The molecule has 0 saturated carbocycles. The molecule has 1 aliphatic rings. The van der Waals surface area contributed by atoms with Crippen molar-refractivity contribution >= 4 is 15.7 Å². The molecule has 0 bridgehead atoms. The van der Waals surface area contributed by atoms with Crippen LogP contribution in [0.15, 0.2) is 12.4 Å². The predicted molar refractivity (Wildman–Crippen MR) is 85.0 cm³/mol. The van der Waals surface area contributed by atoms with Gasteiger partial charge in [-0.2, -0.15) is 5.10 Å². The predicted octanol–water partition coefficient (Wildman–Crippen LogP) is 1.54. The van der Waals surface area contributed by atoms with Gasteiger partial charge in [0.05, 0.1) is 18.0 Å². The number of nitrogens with zero attached hydrogens (tertiary/aromatic N) is 3. The van der Waals surface area contributed by atoms with Gasteiger partial charge in [-0.05, 0) is 25.2 Å². The Kier molecular flexibility index (Phi) is 5.26. The molecule has 7 heteroatoms. The molecule has 0 radical (unpaired) electrons. The number of aromatic nitrogens is 2. The molecule has 0 aromatic carbocycles. The fourth-order valence-corrected chi connectivity index (χ4v) is 4.30. The van der Waals surface area contributed by atoms with E-state index in [2.05, 4.69) is 5.10 Å². The summed E-state index contributed by atoms with van der Waals surface area (Å²) < 4.78 is 25.9. The summed E-state index contributed by atoms with van der Waals surface area (Å²) >= 11 is 0. The maximum absolute atomic E-state index is 12.4. The standard InChI is InChI=1S/C15H25N3O3S/c1-12(2)6-8-22(20,21)11-15(19)18-7-4-5-14(18)13-9-16-17(3)10-13/h9-10,12,14H,4-8,11H2,1-3H3/t14-/m0/s1. The minimum Gasteiger partial charge on any atom is -0.335 e. The molecule has 6 nitrogen and oxygen atoms in total. The van der Waals surface area contributed by atoms with E-state index in [1.165, 1.54) is 0 Å². The van der Waals surface area contributed by atoms with E-state index in [4.69, 9.17) is 0 Å². The highest BCUT2D eigenvalue weighted by Gasteiger charge is 2.32. The number of amides is 1. The van der Waals surface area contributed by atoms with Crippen molar-refractivity contribution in [1.29, 1.82) is 0 Å². The van der Waals surface area contributed by atoms with Crippen LogP contribution in [0.4, 0.5) is 0 Å². The third-order valence-corrected chi connectivity index (χ3v) is 5.58. The van der Waals surface area contributed by atoms with Gasteiger partial charge in [0.2, 0.25) is 5.91 Å². The highest BCUT2D eigenvalue weighted by Crippen LogP contribution is 2.31. The maximum atomic E-state index is 12.4. The Hall–Kier alpha value is -1.37. The number of rotatable bonds is 6. The first-order valence-electron chi connectivity index (χ1n) is 7.77. The van der Waals surface area contributed by atoms with Crippen LogP contribution in [-0.4, -0.2) is 47.1 Å². The zero-order chi connectivity index (χ0) is 16.3. The first kappa shape index (κ1) is 17.0. The molecule has 124 valence electrons. The van der Waals surface area contributed by atoms with Gasteiger partial charge in [-0.3, -0.25) is 9.48 Å². The molecule has 2 heterocycles. The van der Waals surface area contributed by atoms with Gasteiger partial charge in [0.15, 0.2) is 9.84 Å². The van der Waals surface area contributed by atoms with Crippen molar-refractivity contribution < 1.29 is 13.2 Å². The van der Waals surface area contributed by atoms with E-state index in [1.807, 2.05) is 27.1 Å². The van der Waals surface area contributed by atoms with Crippen LogP contribution >= 0.6 is 0 Å². The molecule has 0 spiro atoms. The van der Waals surface area contributed by atoms with Gasteiger partial charge in [0.25, 0.3) is 0 Å². The van der Waals surface area contributed by atoms with Crippen LogP contribution in [-0.2, 0) is 21.7 Å². The topological polar surface area (TPSA) is 72.3 Å². The fraction of sp³-hybridized carbons (Fsp3) is 0.733. The van der Waals surface area contributed by atoms with E-state index in [0.717, 1.165) is 18.4 Å². The van der Waals surface area contributed by atoms with Gasteiger partial charge in [0, 0.05) is 25.4 Å². The molecule has 1 fully saturated rings. The number of likely N-dealkylation sites (tertiary alicyclic amines) is 1. The molecule has 0 aliphatic carbocycles. The summed E-state index contributed by atoms with van der Waals surface area (Å²) in [4.78, 5) is 14.1. The first-order chi connectivity index (χ1) is 10.3. The molecular weight excluding hydrogens is 302 g/mol. The smallest absolute Gasteiger partial charge is 0.238 e. The number of hydrogen-bond donors (Lipinski definition) is 0. The Balaban J connectivity index is 2.02. The third-order valence-electron chi connectivity index (χ3n) is 4.03. The van der Waals surface area contributed by atoms with Crippen molar-refractivity contribution in [3.8, 4) is 0 Å². The van der Waals surface area contributed by atoms with Crippen LogP contribution in [0.2, 0.25) is 0 Å². The van der Waals surface area contributed by atoms with E-state index in [-0.39, 0.29) is 23.5 Å². The zero-order valence-corrected chi connectivity index (χ0v) is 14.3. The SMILES string of the molecule is CC(C)CCS(=O)(=O)CC(=O)N1CCC[C@H]1c1cnn(C)c1. The molecule has 1 aromatic heterocycles. The second-order valence-electron chi connectivity index (χ2n) is 6.47. The molecule has 0 N–H and O–H groups in total. The van der Waals surface area contributed by atoms with Gasteiger partial charge in [-0.1, -0.05) is 13.8 Å². The minimum atomic E-state index is -3.33. The van der Waals surface area contributed by atoms with E-state index in [0.29, 0.717) is 18.9 Å². The Bertz CT molecular complexity index is 622. The van der Waals surface area contributed by atoms with Gasteiger partial charge in [-0.25, -0.2) is 8.42 Å². The molecule has 22 heavy (non-hydrogen) atoms. The van der Waals surface area contributed by atoms with Crippen LogP contribution in [0.3, 0.4) is 0 Å². The Morgan fingerprint density at radius 1 is 1.45 bits per heavy atom. The van der Waals surface area contributed by atoms with E-state index in [9.17, 15) is 13.2 Å². The molecule has 1 atom stereocenters. The molecule has 0 unspecified atom stereocenters. The number of carbonyl (C=O) groups is 1. The number of aryl methyl sites for hydroxylation is 1. The first-order valence-corrected chi connectivity index (χ1v) is 9.59. The summed E-state index contributed by atoms with van der Waals surface area (Å²) in [6.45, 7) is 4.59. The highest BCUT2D eigenvalue weighted by molar-refractivity contribution is 7.92. The maximum Gasteiger partial charge on any atom is 0.238 e. The van der Waals surface area contributed by atoms with Crippen LogP contribution in [0.1, 0.15) is 44.7 Å². The van der Waals surface area contributed by atoms with Gasteiger partial charge in [0.1, 0.15) is 5.75 Å². The minimum absolute atomic E-state index is 0.0403. The lowest BCUT2D eigenvalue weighted by Crippen LogP contribution is -2.36. The van der Waals surface area contributed by atoms with Crippen molar-refractivity contribution in [1.82, 2.24) is 14.7 Å². The van der Waals surface area contributed by atoms with E-state index >= 15 is 0 Å². The number of carbonyl (C=O) groups excluding carboxylic acids is 1. The van der Waals surface area contributed by atoms with E-state index < -0.39 is 9.84 Å². The van der Waals surface area contributed by atoms with Crippen molar-refractivity contribution in [2.45, 2.75) is 39.2 Å². The third kappa shape index (κ3) is 4.32. The van der Waals surface area contributed by atoms with Crippen LogP contribution < -0.4 is 0 Å². The summed E-state index contributed by atoms with van der Waals surface area (Å²) in [5, 5.41) is 4.14. The van der Waals surface area contributed by atoms with Crippen molar-refractivity contribution in [2.75, 3.05) is 18.1 Å². The monoisotopic (exact) mass is 327 g/mol. The summed E-state index contributed by atoms with van der Waals surface area (Å²) in [6, 6.07) is -0.0403. The van der Waals surface area contributed by atoms with Gasteiger partial charge < -0.3 is 4.90 Å². The summed E-state index contributed by atoms with van der Waals surface area (Å²) in [5.74, 6) is -0.256. The lowest BCUT2D eigenvalue weighted by Gasteiger charge is -2.24. The summed E-state index contributed by atoms with van der Waals surface area (Å²) in [7, 11) is -1.49. The summed E-state index contributed by atoms with van der Waals surface area (Å²) in [5.41, 5.74) is 0.980. The molecule has 1 aliphatic heterocycles. The van der Waals surface area contributed by atoms with Crippen molar-refractivity contribution in [3.63, 3.8) is 0 Å². The van der Waals surface area contributed by atoms with Crippen molar-refractivity contribution in [3.05, 3.63) is 18.0 Å². The highest BCUT2D eigenvalue weighted by atomic mass is 32.2. The molecule has 2 rings (SSSR count). The molecular formula is C15H25N3O3S. The number of hydrogen-bond acceptors (Lipinski definition) is 4. The van der Waals surface area contributed by atoms with Crippen LogP contribution in [0, 0.1) is 5.92 Å². The number of sulfone groups is 1. The Labute approximate surface area is 132 Å². The Morgan fingerprint density at radius 3 is 2.77 bits per heavy atom. The van der Waals surface area contributed by atoms with E-state index in [1.54, 1.807) is 15.8 Å². The average molecular weight is 327 g/mol. The average Bonchev–Trinajstić information content (AvgIpc) is 3.04. The van der Waals surface area contributed by atoms with Gasteiger partial charge >= 0.3 is 0 Å².